The van der Waals surface area contributed by atoms with Gasteiger partial charge in [0.1, 0.15) is 17.9 Å². The summed E-state index contributed by atoms with van der Waals surface area (Å²) in [5, 5.41) is 1.65. The van der Waals surface area contributed by atoms with Gasteiger partial charge >= 0.3 is 0 Å². The smallest absolute Gasteiger partial charge is 0.282 e. The number of carbonyl (C=O) groups is 2. The first-order valence-corrected chi connectivity index (χ1v) is 12.1. The fraction of sp³-hybridized carbons (Fsp3) is 0.0435. The molecule has 4 rings (SSSR count). The summed E-state index contributed by atoms with van der Waals surface area (Å²) in [4.78, 5) is 25.5. The number of benzene rings is 3. The number of carbonyl (C=O) groups excluding carboxylic acids is 2. The van der Waals surface area contributed by atoms with E-state index in [9.17, 15) is 9.59 Å². The molecule has 2 amide bonds. The molecule has 3 aromatic rings. The van der Waals surface area contributed by atoms with Crippen molar-refractivity contribution in [2.75, 3.05) is 5.01 Å². The molecule has 162 valence electrons. The summed E-state index contributed by atoms with van der Waals surface area (Å²) in [6.07, 6.45) is 1.49. The molecule has 3 aromatic carbocycles. The molecule has 1 fully saturated rings. The molecular weight excluding hydrogens is 627 g/mol. The molecule has 0 saturated carbocycles. The Morgan fingerprint density at radius 1 is 0.969 bits per heavy atom. The number of hydrazine groups is 1. The third-order valence-electron chi connectivity index (χ3n) is 4.63. The summed E-state index contributed by atoms with van der Waals surface area (Å²) in [5.74, 6) is -0.495. The van der Waals surface area contributed by atoms with E-state index >= 15 is 0 Å². The topological polar surface area (TPSA) is 58.6 Å². The second-order valence-corrected chi connectivity index (χ2v) is 9.87. The summed E-state index contributed by atoms with van der Waals surface area (Å²) in [7, 11) is 0. The van der Waals surface area contributed by atoms with Crippen LogP contribution in [0.5, 0.6) is 5.75 Å². The molecule has 1 aliphatic rings. The predicted octanol–water partition coefficient (Wildman–Crippen LogP) is 6.67. The zero-order chi connectivity index (χ0) is 22.8. The van der Waals surface area contributed by atoms with Gasteiger partial charge in [-0.1, -0.05) is 67.7 Å². The highest BCUT2D eigenvalue weighted by Crippen LogP contribution is 2.36. The Morgan fingerprint density at radius 3 is 2.44 bits per heavy atom. The molecular formula is C23H14Br3ClN2O3. The van der Waals surface area contributed by atoms with E-state index in [1.165, 1.54) is 11.1 Å². The molecule has 0 unspecified atom stereocenters. The number of para-hydroxylation sites is 1. The summed E-state index contributed by atoms with van der Waals surface area (Å²) in [6.45, 7) is 0.264. The standard InChI is InChI=1S/C23H14Br3ClN2O3/c24-15-7-6-13(19(25)10-15)12-32-21-14(8-16(27)11-20(21)26)9-18-22(30)28-29(23(18)31)17-4-2-1-3-5-17/h1-11H,12H2,(H,28,30)/b18-9-. The highest BCUT2D eigenvalue weighted by atomic mass is 79.9. The molecule has 0 bridgehead atoms. The molecule has 0 spiro atoms. The van der Waals surface area contributed by atoms with Crippen molar-refractivity contribution in [3.63, 3.8) is 0 Å². The number of hydrogen-bond donors (Lipinski definition) is 1. The number of anilines is 1. The van der Waals surface area contributed by atoms with Crippen molar-refractivity contribution in [1.82, 2.24) is 5.43 Å². The van der Waals surface area contributed by atoms with Gasteiger partial charge in [0.05, 0.1) is 10.2 Å². The maximum Gasteiger partial charge on any atom is 0.282 e. The first kappa shape index (κ1) is 23.0. The van der Waals surface area contributed by atoms with Crippen molar-refractivity contribution >= 4 is 83.0 Å². The third kappa shape index (κ3) is 4.93. The van der Waals surface area contributed by atoms with E-state index in [0.29, 0.717) is 26.5 Å². The van der Waals surface area contributed by atoms with Crippen LogP contribution in [0.4, 0.5) is 5.69 Å². The van der Waals surface area contributed by atoms with Crippen molar-refractivity contribution in [2.45, 2.75) is 6.61 Å². The Labute approximate surface area is 214 Å². The number of hydrogen-bond acceptors (Lipinski definition) is 3. The van der Waals surface area contributed by atoms with Crippen LogP contribution in [-0.4, -0.2) is 11.8 Å². The van der Waals surface area contributed by atoms with Gasteiger partial charge in [0.2, 0.25) is 0 Å². The molecule has 1 N–H and O–H groups in total. The van der Waals surface area contributed by atoms with Crippen LogP contribution < -0.4 is 15.2 Å². The highest BCUT2D eigenvalue weighted by Gasteiger charge is 2.34. The van der Waals surface area contributed by atoms with E-state index in [-0.39, 0.29) is 12.2 Å². The average molecular weight is 642 g/mol. The number of nitrogens with one attached hydrogen (secondary N) is 1. The summed E-state index contributed by atoms with van der Waals surface area (Å²) < 4.78 is 8.51. The number of nitrogens with zero attached hydrogens (tertiary/aromatic N) is 1. The zero-order valence-electron chi connectivity index (χ0n) is 16.2. The Balaban J connectivity index is 1.67. The molecule has 32 heavy (non-hydrogen) atoms. The van der Waals surface area contributed by atoms with Crippen molar-refractivity contribution < 1.29 is 14.3 Å². The first-order chi connectivity index (χ1) is 15.3. The zero-order valence-corrected chi connectivity index (χ0v) is 21.8. The van der Waals surface area contributed by atoms with Gasteiger partial charge in [-0.3, -0.25) is 15.0 Å². The van der Waals surface area contributed by atoms with Gasteiger partial charge in [-0.25, -0.2) is 5.01 Å². The Bertz CT molecular complexity index is 1250. The number of ether oxygens (including phenoxy) is 1. The van der Waals surface area contributed by atoms with E-state index in [1.54, 1.807) is 36.4 Å². The lowest BCUT2D eigenvalue weighted by Crippen LogP contribution is -2.35. The minimum atomic E-state index is -0.503. The van der Waals surface area contributed by atoms with Gasteiger partial charge in [-0.2, -0.15) is 0 Å². The lowest BCUT2D eigenvalue weighted by Gasteiger charge is -2.14. The van der Waals surface area contributed by atoms with Crippen LogP contribution in [0.15, 0.2) is 79.7 Å². The van der Waals surface area contributed by atoms with E-state index < -0.39 is 11.8 Å². The maximum atomic E-state index is 12.9. The van der Waals surface area contributed by atoms with Gasteiger partial charge in [0.15, 0.2) is 0 Å². The van der Waals surface area contributed by atoms with Crippen LogP contribution in [0.3, 0.4) is 0 Å². The van der Waals surface area contributed by atoms with E-state index in [2.05, 4.69) is 53.2 Å². The van der Waals surface area contributed by atoms with Crippen LogP contribution in [0, 0.1) is 0 Å². The molecule has 1 saturated heterocycles. The van der Waals surface area contributed by atoms with E-state index in [0.717, 1.165) is 14.5 Å². The minimum Gasteiger partial charge on any atom is -0.487 e. The number of amides is 2. The molecule has 0 atom stereocenters. The predicted molar refractivity (Wildman–Crippen MR) is 135 cm³/mol. The fourth-order valence-corrected chi connectivity index (χ4v) is 5.21. The van der Waals surface area contributed by atoms with Crippen LogP contribution in [0.1, 0.15) is 11.1 Å². The lowest BCUT2D eigenvalue weighted by molar-refractivity contribution is -0.117. The van der Waals surface area contributed by atoms with Crippen LogP contribution >= 0.6 is 59.4 Å². The Hall–Kier alpha value is -2.13. The van der Waals surface area contributed by atoms with Gasteiger partial charge < -0.3 is 4.74 Å². The molecule has 5 nitrogen and oxygen atoms in total. The van der Waals surface area contributed by atoms with Gasteiger partial charge in [-0.05, 0) is 58.4 Å². The normalized spacial score (nSPS) is 14.8. The van der Waals surface area contributed by atoms with Crippen molar-refractivity contribution in [1.29, 1.82) is 0 Å². The maximum absolute atomic E-state index is 12.9. The Kier molecular flexibility index (Phi) is 7.05. The third-order valence-corrected chi connectivity index (χ3v) is 6.67. The van der Waals surface area contributed by atoms with Gasteiger partial charge in [-0.15, -0.1) is 0 Å². The monoisotopic (exact) mass is 638 g/mol. The van der Waals surface area contributed by atoms with Crippen LogP contribution in [0.25, 0.3) is 6.08 Å². The molecule has 0 radical (unpaired) electrons. The van der Waals surface area contributed by atoms with Crippen LogP contribution in [0.2, 0.25) is 5.02 Å². The second-order valence-electron chi connectivity index (χ2n) is 6.81. The summed E-state index contributed by atoms with van der Waals surface area (Å²) in [5.41, 5.74) is 4.58. The second kappa shape index (κ2) is 9.79. The first-order valence-electron chi connectivity index (χ1n) is 9.31. The number of halogens is 4. The van der Waals surface area contributed by atoms with Gasteiger partial charge in [0, 0.05) is 25.1 Å². The summed E-state index contributed by atoms with van der Waals surface area (Å²) in [6, 6.07) is 18.0. The molecule has 0 aromatic heterocycles. The minimum absolute atomic E-state index is 0.0160. The lowest BCUT2D eigenvalue weighted by atomic mass is 10.1. The van der Waals surface area contributed by atoms with Crippen molar-refractivity contribution in [3.05, 3.63) is 95.8 Å². The summed E-state index contributed by atoms with van der Waals surface area (Å²) >= 11 is 16.7. The van der Waals surface area contributed by atoms with E-state index in [4.69, 9.17) is 16.3 Å². The highest BCUT2D eigenvalue weighted by molar-refractivity contribution is 9.11. The van der Waals surface area contributed by atoms with Crippen molar-refractivity contribution in [3.8, 4) is 5.75 Å². The molecule has 0 aliphatic carbocycles. The average Bonchev–Trinajstić information content (AvgIpc) is 3.03. The Morgan fingerprint density at radius 2 is 1.72 bits per heavy atom. The molecule has 9 heteroatoms. The fourth-order valence-electron chi connectivity index (χ4n) is 3.10. The SMILES string of the molecule is O=C1NN(c2ccccc2)C(=O)/C1=C\c1cc(Cl)cc(Br)c1OCc1ccc(Br)cc1Br. The largest absolute Gasteiger partial charge is 0.487 e. The quantitative estimate of drug-likeness (QED) is 0.250. The molecule has 1 aliphatic heterocycles. The van der Waals surface area contributed by atoms with E-state index in [1.807, 2.05) is 24.3 Å². The van der Waals surface area contributed by atoms with Crippen molar-refractivity contribution in [2.24, 2.45) is 0 Å². The number of rotatable bonds is 5. The van der Waals surface area contributed by atoms with Gasteiger partial charge in [0.25, 0.3) is 11.8 Å². The molecule has 1 heterocycles. The van der Waals surface area contributed by atoms with Crippen LogP contribution in [-0.2, 0) is 16.2 Å².